The zero-order valence-corrected chi connectivity index (χ0v) is 9.28. The van der Waals surface area contributed by atoms with Crippen molar-refractivity contribution in [3.05, 3.63) is 0 Å². The fourth-order valence-corrected chi connectivity index (χ4v) is 1.68. The fourth-order valence-electron chi connectivity index (χ4n) is 0.741. The van der Waals surface area contributed by atoms with Crippen LogP contribution in [0.3, 0.4) is 0 Å². The van der Waals surface area contributed by atoms with Gasteiger partial charge in [0.1, 0.15) is 6.61 Å². The minimum atomic E-state index is -4.21. The third-order valence-corrected chi connectivity index (χ3v) is 2.57. The van der Waals surface area contributed by atoms with Crippen LogP contribution >= 0.6 is 15.9 Å². The molecule has 80 valence electrons. The maximum Gasteiger partial charge on any atom is 0.411 e. The minimum Gasteiger partial charge on any atom is -0.372 e. The number of hydrogen-bond acceptors (Lipinski definition) is 1. The third kappa shape index (κ3) is 7.31. The van der Waals surface area contributed by atoms with Gasteiger partial charge in [-0.05, 0) is 11.8 Å². The van der Waals surface area contributed by atoms with Crippen LogP contribution in [0.1, 0.15) is 13.8 Å². The van der Waals surface area contributed by atoms with E-state index in [9.17, 15) is 13.2 Å². The van der Waals surface area contributed by atoms with Crippen LogP contribution in [0, 0.1) is 11.8 Å². The second kappa shape index (κ2) is 5.86. The van der Waals surface area contributed by atoms with Crippen molar-refractivity contribution in [2.75, 3.05) is 18.5 Å². The SMILES string of the molecule is CC(C)C(CBr)COCC(F)(F)F. The molecule has 0 fully saturated rings. The van der Waals surface area contributed by atoms with Gasteiger partial charge in [0.25, 0.3) is 0 Å². The molecule has 0 amide bonds. The van der Waals surface area contributed by atoms with Gasteiger partial charge in [-0.15, -0.1) is 0 Å². The van der Waals surface area contributed by atoms with E-state index < -0.39 is 12.8 Å². The monoisotopic (exact) mass is 262 g/mol. The zero-order valence-electron chi connectivity index (χ0n) is 7.70. The molecule has 0 aliphatic carbocycles. The van der Waals surface area contributed by atoms with Crippen molar-refractivity contribution in [1.82, 2.24) is 0 Å². The summed E-state index contributed by atoms with van der Waals surface area (Å²) in [5, 5.41) is 0.669. The van der Waals surface area contributed by atoms with E-state index in [1.54, 1.807) is 0 Å². The zero-order chi connectivity index (χ0) is 10.5. The Kier molecular flexibility index (Phi) is 5.96. The second-order valence-corrected chi connectivity index (χ2v) is 3.94. The molecular formula is C8H14BrF3O. The Morgan fingerprint density at radius 1 is 1.31 bits per heavy atom. The summed E-state index contributed by atoms with van der Waals surface area (Å²) in [6.07, 6.45) is -4.21. The van der Waals surface area contributed by atoms with Crippen molar-refractivity contribution in [1.29, 1.82) is 0 Å². The molecule has 5 heteroatoms. The maximum atomic E-state index is 11.7. The van der Waals surface area contributed by atoms with Crippen molar-refractivity contribution in [3.63, 3.8) is 0 Å². The lowest BCUT2D eigenvalue weighted by Gasteiger charge is -2.18. The summed E-state index contributed by atoms with van der Waals surface area (Å²) < 4.78 is 39.6. The molecule has 0 rings (SSSR count). The molecule has 0 aliphatic rings. The smallest absolute Gasteiger partial charge is 0.372 e. The van der Waals surface area contributed by atoms with Crippen LogP contribution in [0.5, 0.6) is 0 Å². The van der Waals surface area contributed by atoms with Gasteiger partial charge in [0.05, 0.1) is 6.61 Å². The molecule has 0 saturated heterocycles. The van der Waals surface area contributed by atoms with Crippen molar-refractivity contribution in [2.24, 2.45) is 11.8 Å². The average Bonchev–Trinajstić information content (AvgIpc) is 1.95. The highest BCUT2D eigenvalue weighted by Crippen LogP contribution is 2.18. The van der Waals surface area contributed by atoms with E-state index in [-0.39, 0.29) is 12.5 Å². The highest BCUT2D eigenvalue weighted by molar-refractivity contribution is 9.09. The Morgan fingerprint density at radius 3 is 2.15 bits per heavy atom. The largest absolute Gasteiger partial charge is 0.411 e. The van der Waals surface area contributed by atoms with Crippen molar-refractivity contribution < 1.29 is 17.9 Å². The maximum absolute atomic E-state index is 11.7. The Bertz CT molecular complexity index is 136. The Morgan fingerprint density at radius 2 is 1.85 bits per heavy atom. The first-order valence-corrected chi connectivity index (χ1v) is 5.19. The van der Waals surface area contributed by atoms with Crippen LogP contribution in [-0.2, 0) is 4.74 Å². The lowest BCUT2D eigenvalue weighted by molar-refractivity contribution is -0.176. The molecule has 0 aromatic heterocycles. The number of halogens is 4. The molecule has 1 unspecified atom stereocenters. The van der Waals surface area contributed by atoms with Gasteiger partial charge in [-0.1, -0.05) is 29.8 Å². The molecule has 0 saturated carbocycles. The average molecular weight is 263 g/mol. The minimum absolute atomic E-state index is 0.141. The highest BCUT2D eigenvalue weighted by atomic mass is 79.9. The molecule has 0 radical (unpaired) electrons. The molecule has 0 N–H and O–H groups in total. The van der Waals surface area contributed by atoms with Crippen LogP contribution < -0.4 is 0 Å². The second-order valence-electron chi connectivity index (χ2n) is 3.29. The van der Waals surface area contributed by atoms with Gasteiger partial charge >= 0.3 is 6.18 Å². The highest BCUT2D eigenvalue weighted by Gasteiger charge is 2.28. The molecule has 1 atom stereocenters. The van der Waals surface area contributed by atoms with Crippen LogP contribution in [0.2, 0.25) is 0 Å². The first kappa shape index (κ1) is 13.2. The molecular weight excluding hydrogens is 249 g/mol. The summed E-state index contributed by atoms with van der Waals surface area (Å²) in [6, 6.07) is 0. The van der Waals surface area contributed by atoms with E-state index in [4.69, 9.17) is 0 Å². The molecule has 0 aromatic rings. The Balaban J connectivity index is 3.62. The van der Waals surface area contributed by atoms with E-state index in [0.717, 1.165) is 0 Å². The summed E-state index contributed by atoms with van der Waals surface area (Å²) in [6.45, 7) is 2.93. The third-order valence-electron chi connectivity index (χ3n) is 1.74. The van der Waals surface area contributed by atoms with E-state index in [1.807, 2.05) is 13.8 Å². The first-order valence-electron chi connectivity index (χ1n) is 4.07. The van der Waals surface area contributed by atoms with Gasteiger partial charge in [-0.25, -0.2) is 0 Å². The van der Waals surface area contributed by atoms with E-state index in [2.05, 4.69) is 20.7 Å². The standard InChI is InChI=1S/C8H14BrF3O/c1-6(2)7(3-9)4-13-5-8(10,11)12/h6-7H,3-5H2,1-2H3. The summed E-state index contributed by atoms with van der Waals surface area (Å²) in [4.78, 5) is 0. The van der Waals surface area contributed by atoms with Gasteiger partial charge in [0, 0.05) is 5.33 Å². The summed E-state index contributed by atoms with van der Waals surface area (Å²) in [5.74, 6) is 0.468. The summed E-state index contributed by atoms with van der Waals surface area (Å²) >= 11 is 3.24. The number of hydrogen-bond donors (Lipinski definition) is 0. The van der Waals surface area contributed by atoms with Crippen molar-refractivity contribution in [3.8, 4) is 0 Å². The fraction of sp³-hybridized carbons (Fsp3) is 1.00. The molecule has 0 aromatic carbocycles. The van der Waals surface area contributed by atoms with Crippen LogP contribution in [0.25, 0.3) is 0 Å². The quantitative estimate of drug-likeness (QED) is 0.692. The molecule has 0 spiro atoms. The molecule has 0 bridgehead atoms. The van der Waals surface area contributed by atoms with Gasteiger partial charge in [0.2, 0.25) is 0 Å². The first-order chi connectivity index (χ1) is 5.87. The van der Waals surface area contributed by atoms with Crippen molar-refractivity contribution >= 4 is 15.9 Å². The van der Waals surface area contributed by atoms with Crippen molar-refractivity contribution in [2.45, 2.75) is 20.0 Å². The Labute approximate surface area is 84.8 Å². The molecule has 13 heavy (non-hydrogen) atoms. The molecule has 0 aliphatic heterocycles. The lowest BCUT2D eigenvalue weighted by atomic mass is 9.99. The molecule has 1 nitrogen and oxygen atoms in total. The van der Waals surface area contributed by atoms with Crippen LogP contribution in [-0.4, -0.2) is 24.7 Å². The predicted molar refractivity (Wildman–Crippen MR) is 49.0 cm³/mol. The van der Waals surface area contributed by atoms with Gasteiger partial charge in [0.15, 0.2) is 0 Å². The van der Waals surface area contributed by atoms with Gasteiger partial charge in [-0.3, -0.25) is 0 Å². The Hall–Kier alpha value is 0.230. The van der Waals surface area contributed by atoms with Gasteiger partial charge < -0.3 is 4.74 Å². The topological polar surface area (TPSA) is 9.23 Å². The molecule has 0 heterocycles. The summed E-state index contributed by atoms with van der Waals surface area (Å²) in [5.41, 5.74) is 0. The van der Waals surface area contributed by atoms with Crippen LogP contribution in [0.15, 0.2) is 0 Å². The van der Waals surface area contributed by atoms with E-state index >= 15 is 0 Å². The number of alkyl halides is 4. The normalized spacial score (nSPS) is 15.0. The summed E-state index contributed by atoms with van der Waals surface area (Å²) in [7, 11) is 0. The predicted octanol–water partition coefficient (Wildman–Crippen LogP) is 3.23. The van der Waals surface area contributed by atoms with Gasteiger partial charge in [-0.2, -0.15) is 13.2 Å². The number of rotatable bonds is 5. The van der Waals surface area contributed by atoms with E-state index in [0.29, 0.717) is 11.2 Å². The lowest BCUT2D eigenvalue weighted by Crippen LogP contribution is -2.23. The van der Waals surface area contributed by atoms with E-state index in [1.165, 1.54) is 0 Å². The van der Waals surface area contributed by atoms with Crippen LogP contribution in [0.4, 0.5) is 13.2 Å². The number of ether oxygens (including phenoxy) is 1.